The Morgan fingerprint density at radius 2 is 1.83 bits per heavy atom. The van der Waals surface area contributed by atoms with Gasteiger partial charge in [0.2, 0.25) is 11.8 Å². The summed E-state index contributed by atoms with van der Waals surface area (Å²) in [5, 5.41) is 12.0. The Hall–Kier alpha value is -1.71. The highest BCUT2D eigenvalue weighted by molar-refractivity contribution is 7.99. The minimum absolute atomic E-state index is 0.132. The molecule has 0 radical (unpaired) electrons. The number of rotatable bonds is 7. The monoisotopic (exact) mass is 480 g/mol. The zero-order chi connectivity index (χ0) is 20.9. The first-order valence-corrected chi connectivity index (χ1v) is 11.8. The van der Waals surface area contributed by atoms with Crippen LogP contribution in [0.2, 0.25) is 10.0 Å². The number of nitrogens with one attached hydrogen (secondary N) is 1. The van der Waals surface area contributed by atoms with Crippen molar-refractivity contribution >= 4 is 58.5 Å². The largest absolute Gasteiger partial charge is 0.411 e. The molecule has 0 bridgehead atoms. The fourth-order valence-corrected chi connectivity index (χ4v) is 4.73. The van der Waals surface area contributed by atoms with Crippen molar-refractivity contribution in [1.82, 2.24) is 14.5 Å². The number of thioether (sulfide) groups is 1. The summed E-state index contributed by atoms with van der Waals surface area (Å²) < 4.78 is 8.06. The number of halogens is 2. The summed E-state index contributed by atoms with van der Waals surface area (Å²) in [5.74, 6) is 0.356. The van der Waals surface area contributed by atoms with E-state index in [2.05, 4.69) is 32.0 Å². The molecule has 0 spiro atoms. The fraction of sp³-hybridized carbons (Fsp3) is 0.250. The normalized spacial score (nSPS) is 14.2. The number of carbonyl (C=O) groups is 1. The summed E-state index contributed by atoms with van der Waals surface area (Å²) in [7, 11) is 0. The second-order valence-electron chi connectivity index (χ2n) is 6.59. The maximum absolute atomic E-state index is 12.1. The van der Waals surface area contributed by atoms with E-state index >= 15 is 0 Å². The van der Waals surface area contributed by atoms with Crippen molar-refractivity contribution in [2.45, 2.75) is 23.0 Å². The van der Waals surface area contributed by atoms with Gasteiger partial charge in [0.15, 0.2) is 0 Å². The van der Waals surface area contributed by atoms with Gasteiger partial charge in [-0.2, -0.15) is 0 Å². The zero-order valence-electron chi connectivity index (χ0n) is 15.8. The number of aromatic nitrogens is 2. The Morgan fingerprint density at radius 3 is 2.57 bits per heavy atom. The third-order valence-electron chi connectivity index (χ3n) is 4.34. The molecule has 156 valence electrons. The van der Waals surface area contributed by atoms with Crippen molar-refractivity contribution in [3.63, 3.8) is 0 Å². The zero-order valence-corrected chi connectivity index (χ0v) is 19.0. The molecule has 2 heterocycles. The van der Waals surface area contributed by atoms with Crippen LogP contribution in [-0.2, 0) is 4.79 Å². The molecule has 0 atom stereocenters. The molecule has 0 saturated carbocycles. The average Bonchev–Trinajstić information content (AvgIpc) is 3.42. The lowest BCUT2D eigenvalue weighted by Crippen LogP contribution is -2.13. The molecular formula is C20H18Cl2N4O2S2. The topological polar surface area (TPSA) is 71.3 Å². The van der Waals surface area contributed by atoms with E-state index in [9.17, 15) is 4.79 Å². The number of nitrogens with zero attached hydrogens (tertiary/aromatic N) is 3. The van der Waals surface area contributed by atoms with Crippen molar-refractivity contribution in [3.05, 3.63) is 52.5 Å². The summed E-state index contributed by atoms with van der Waals surface area (Å²) in [5.41, 5.74) is 1.42. The van der Waals surface area contributed by atoms with Gasteiger partial charge in [-0.25, -0.2) is 4.31 Å². The van der Waals surface area contributed by atoms with Gasteiger partial charge in [-0.3, -0.25) is 4.79 Å². The molecule has 1 aromatic heterocycles. The Labute approximate surface area is 192 Å². The predicted octanol–water partition coefficient (Wildman–Crippen LogP) is 5.88. The summed E-state index contributed by atoms with van der Waals surface area (Å²) in [6, 6.07) is 13.0. The highest BCUT2D eigenvalue weighted by Crippen LogP contribution is 2.30. The third kappa shape index (κ3) is 5.70. The Bertz CT molecular complexity index is 1020. The quantitative estimate of drug-likeness (QED) is 0.334. The lowest BCUT2D eigenvalue weighted by atomic mass is 10.2. The molecule has 0 unspecified atom stereocenters. The van der Waals surface area contributed by atoms with E-state index in [0.29, 0.717) is 26.8 Å². The molecule has 4 rings (SSSR count). The first-order chi connectivity index (χ1) is 14.6. The van der Waals surface area contributed by atoms with E-state index < -0.39 is 0 Å². The molecule has 1 amide bonds. The van der Waals surface area contributed by atoms with Crippen LogP contribution in [-0.4, -0.2) is 39.3 Å². The highest BCUT2D eigenvalue weighted by atomic mass is 35.5. The van der Waals surface area contributed by atoms with E-state index in [4.69, 9.17) is 27.6 Å². The van der Waals surface area contributed by atoms with Crippen molar-refractivity contribution in [1.29, 1.82) is 0 Å². The van der Waals surface area contributed by atoms with Gasteiger partial charge >= 0.3 is 0 Å². The van der Waals surface area contributed by atoms with Gasteiger partial charge in [0.25, 0.3) is 5.22 Å². The van der Waals surface area contributed by atoms with Gasteiger partial charge in [-0.15, -0.1) is 10.2 Å². The molecule has 0 aliphatic carbocycles. The molecule has 1 N–H and O–H groups in total. The first kappa shape index (κ1) is 21.5. The van der Waals surface area contributed by atoms with Crippen LogP contribution in [0.1, 0.15) is 12.8 Å². The van der Waals surface area contributed by atoms with Gasteiger partial charge in [-0.05, 0) is 67.3 Å². The molecule has 10 heteroatoms. The van der Waals surface area contributed by atoms with Crippen LogP contribution < -0.4 is 5.32 Å². The van der Waals surface area contributed by atoms with Crippen LogP contribution in [0.3, 0.4) is 0 Å². The molecule has 3 aromatic rings. The van der Waals surface area contributed by atoms with E-state index in [1.54, 1.807) is 30.1 Å². The van der Waals surface area contributed by atoms with E-state index in [-0.39, 0.29) is 11.7 Å². The fourth-order valence-electron chi connectivity index (χ4n) is 2.87. The van der Waals surface area contributed by atoms with Crippen LogP contribution in [0.15, 0.2) is 57.0 Å². The molecule has 1 aliphatic heterocycles. The summed E-state index contributed by atoms with van der Waals surface area (Å²) in [6.07, 6.45) is 2.53. The molecule has 6 nitrogen and oxygen atoms in total. The van der Waals surface area contributed by atoms with Gasteiger partial charge in [0.05, 0.1) is 15.8 Å². The van der Waals surface area contributed by atoms with Crippen molar-refractivity contribution in [2.24, 2.45) is 0 Å². The molecular weight excluding hydrogens is 463 g/mol. The lowest BCUT2D eigenvalue weighted by Gasteiger charge is -2.12. The molecule has 1 saturated heterocycles. The smallest absolute Gasteiger partial charge is 0.277 e. The second kappa shape index (κ2) is 10.1. The molecule has 30 heavy (non-hydrogen) atoms. The minimum atomic E-state index is -0.207. The first-order valence-electron chi connectivity index (χ1n) is 9.31. The van der Waals surface area contributed by atoms with Crippen molar-refractivity contribution in [3.8, 4) is 11.5 Å². The van der Waals surface area contributed by atoms with Crippen LogP contribution in [0, 0.1) is 0 Å². The Kier molecular flexibility index (Phi) is 7.22. The summed E-state index contributed by atoms with van der Waals surface area (Å²) >= 11 is 14.8. The number of carbonyl (C=O) groups excluding carboxylic acids is 1. The van der Waals surface area contributed by atoms with Crippen molar-refractivity contribution < 1.29 is 9.21 Å². The predicted molar refractivity (Wildman–Crippen MR) is 122 cm³/mol. The lowest BCUT2D eigenvalue weighted by molar-refractivity contribution is -0.113. The minimum Gasteiger partial charge on any atom is -0.411 e. The maximum atomic E-state index is 12.1. The Balaban J connectivity index is 1.30. The van der Waals surface area contributed by atoms with Crippen molar-refractivity contribution in [2.75, 3.05) is 24.2 Å². The molecule has 2 aromatic carbocycles. The number of hydrogen-bond donors (Lipinski definition) is 1. The van der Waals surface area contributed by atoms with Gasteiger partial charge in [0.1, 0.15) is 0 Å². The van der Waals surface area contributed by atoms with E-state index in [0.717, 1.165) is 18.7 Å². The number of hydrogen-bond acceptors (Lipinski definition) is 7. The highest BCUT2D eigenvalue weighted by Gasteiger charge is 2.14. The SMILES string of the molecule is O=C(CSc1nnc(-c2ccc(SN3CCCC3)cc2)o1)Nc1ccc(Cl)c(Cl)c1. The van der Waals surface area contributed by atoms with Crippen LogP contribution in [0.25, 0.3) is 11.5 Å². The molecule has 1 fully saturated rings. The summed E-state index contributed by atoms with van der Waals surface area (Å²) in [6.45, 7) is 2.27. The molecule has 1 aliphatic rings. The maximum Gasteiger partial charge on any atom is 0.277 e. The second-order valence-corrected chi connectivity index (χ2v) is 9.50. The Morgan fingerprint density at radius 1 is 1.07 bits per heavy atom. The van der Waals surface area contributed by atoms with E-state index in [1.807, 2.05) is 12.1 Å². The van der Waals surface area contributed by atoms with Gasteiger partial charge < -0.3 is 9.73 Å². The van der Waals surface area contributed by atoms with Crippen LogP contribution >= 0.6 is 46.9 Å². The van der Waals surface area contributed by atoms with Gasteiger partial charge in [-0.1, -0.05) is 35.0 Å². The average molecular weight is 481 g/mol. The van der Waals surface area contributed by atoms with Crippen LogP contribution in [0.5, 0.6) is 0 Å². The number of amides is 1. The third-order valence-corrected chi connectivity index (χ3v) is 7.00. The van der Waals surface area contributed by atoms with E-state index in [1.165, 1.54) is 29.5 Å². The standard InChI is InChI=1S/C20H18Cl2N4O2S2/c21-16-8-5-14(11-17(16)22)23-18(27)12-29-20-25-24-19(28-20)13-3-6-15(7-4-13)30-26-9-1-2-10-26/h3-8,11H,1-2,9-10,12H2,(H,23,27). The van der Waals surface area contributed by atoms with Gasteiger partial charge in [0, 0.05) is 29.2 Å². The summed E-state index contributed by atoms with van der Waals surface area (Å²) in [4.78, 5) is 13.3. The van der Waals surface area contributed by atoms with Crippen LogP contribution in [0.4, 0.5) is 5.69 Å². The number of benzene rings is 2. The number of anilines is 1.